The van der Waals surface area contributed by atoms with Gasteiger partial charge in [0.05, 0.1) is 6.61 Å². The maximum absolute atomic E-state index is 8.78. The molecule has 0 aliphatic carbocycles. The summed E-state index contributed by atoms with van der Waals surface area (Å²) in [4.78, 5) is 6.41. The fourth-order valence-electron chi connectivity index (χ4n) is 2.43. The second kappa shape index (κ2) is 7.80. The lowest BCUT2D eigenvalue weighted by Gasteiger charge is -2.36. The van der Waals surface area contributed by atoms with Gasteiger partial charge in [0, 0.05) is 55.6 Å². The Labute approximate surface area is 126 Å². The molecule has 1 saturated heterocycles. The van der Waals surface area contributed by atoms with E-state index in [1.54, 1.807) is 11.3 Å². The van der Waals surface area contributed by atoms with Crippen molar-refractivity contribution in [3.05, 3.63) is 21.9 Å². The molecule has 3 nitrogen and oxygen atoms in total. The van der Waals surface area contributed by atoms with Crippen molar-refractivity contribution in [2.24, 2.45) is 0 Å². The van der Waals surface area contributed by atoms with Crippen LogP contribution in [-0.2, 0) is 6.54 Å². The van der Waals surface area contributed by atoms with Gasteiger partial charge in [-0.15, -0.1) is 11.3 Å². The highest BCUT2D eigenvalue weighted by Crippen LogP contribution is 2.19. The van der Waals surface area contributed by atoms with Crippen LogP contribution in [0.4, 0.5) is 0 Å². The Kier molecular flexibility index (Phi) is 6.06. The number of nitrogens with zero attached hydrogens (tertiary/aromatic N) is 2. The van der Waals surface area contributed by atoms with Crippen LogP contribution in [0.25, 0.3) is 0 Å². The van der Waals surface area contributed by atoms with Crippen LogP contribution in [0.1, 0.15) is 30.7 Å². The third-order valence-electron chi connectivity index (χ3n) is 3.71. The summed E-state index contributed by atoms with van der Waals surface area (Å²) >= 11 is 1.79. The van der Waals surface area contributed by atoms with Crippen molar-refractivity contribution in [2.75, 3.05) is 32.8 Å². The topological polar surface area (TPSA) is 26.7 Å². The summed E-state index contributed by atoms with van der Waals surface area (Å²) in [7, 11) is 0. The van der Waals surface area contributed by atoms with E-state index in [0.717, 1.165) is 38.3 Å². The molecule has 1 fully saturated rings. The van der Waals surface area contributed by atoms with Gasteiger partial charge in [0.15, 0.2) is 0 Å². The first kappa shape index (κ1) is 15.5. The third-order valence-corrected chi connectivity index (χ3v) is 4.62. The van der Waals surface area contributed by atoms with E-state index in [9.17, 15) is 0 Å². The molecular weight excluding hydrogens is 268 g/mol. The lowest BCUT2D eigenvalue weighted by Crippen LogP contribution is -2.48. The fourth-order valence-corrected chi connectivity index (χ4v) is 3.30. The Morgan fingerprint density at radius 1 is 1.30 bits per heavy atom. The number of aliphatic hydroxyl groups excluding tert-OH is 1. The first-order chi connectivity index (χ1) is 9.70. The highest BCUT2D eigenvalue weighted by molar-refractivity contribution is 7.10. The molecule has 0 atom stereocenters. The van der Waals surface area contributed by atoms with E-state index in [1.165, 1.54) is 4.88 Å². The summed E-state index contributed by atoms with van der Waals surface area (Å²) in [6, 6.07) is 2.74. The molecule has 20 heavy (non-hydrogen) atoms. The Morgan fingerprint density at radius 2 is 2.05 bits per heavy atom. The Hall–Kier alpha value is -0.860. The summed E-state index contributed by atoms with van der Waals surface area (Å²) in [6.45, 7) is 10.3. The average Bonchev–Trinajstić information content (AvgIpc) is 2.87. The van der Waals surface area contributed by atoms with Crippen LogP contribution in [0.2, 0.25) is 0 Å². The van der Waals surface area contributed by atoms with E-state index < -0.39 is 0 Å². The highest BCUT2D eigenvalue weighted by Gasteiger charge is 2.19. The van der Waals surface area contributed by atoms with Gasteiger partial charge in [-0.05, 0) is 25.3 Å². The number of thiophene rings is 1. The molecule has 2 heterocycles. The molecule has 1 aromatic heterocycles. The van der Waals surface area contributed by atoms with Crippen LogP contribution in [0.15, 0.2) is 11.4 Å². The molecule has 1 N–H and O–H groups in total. The molecule has 0 amide bonds. The van der Waals surface area contributed by atoms with Crippen molar-refractivity contribution in [3.8, 4) is 11.8 Å². The van der Waals surface area contributed by atoms with Crippen molar-refractivity contribution < 1.29 is 5.11 Å². The molecule has 4 heteroatoms. The number of hydrogen-bond acceptors (Lipinski definition) is 4. The SMILES string of the molecule is CC(C)N1CCN(Cc2sccc2C#CCCO)CC1. The minimum Gasteiger partial charge on any atom is -0.395 e. The Bertz CT molecular complexity index is 464. The first-order valence-corrected chi connectivity index (χ1v) is 8.21. The lowest BCUT2D eigenvalue weighted by atomic mass is 10.2. The fraction of sp³-hybridized carbons (Fsp3) is 0.625. The van der Waals surface area contributed by atoms with Gasteiger partial charge in [0.25, 0.3) is 0 Å². The second-order valence-electron chi connectivity index (χ2n) is 5.44. The van der Waals surface area contributed by atoms with Gasteiger partial charge in [-0.2, -0.15) is 0 Å². The summed E-state index contributed by atoms with van der Waals surface area (Å²) in [5.41, 5.74) is 1.13. The van der Waals surface area contributed by atoms with E-state index in [-0.39, 0.29) is 6.61 Å². The van der Waals surface area contributed by atoms with Gasteiger partial charge >= 0.3 is 0 Å². The number of piperazine rings is 1. The minimum absolute atomic E-state index is 0.142. The smallest absolute Gasteiger partial charge is 0.0540 e. The van der Waals surface area contributed by atoms with Gasteiger partial charge in [-0.25, -0.2) is 0 Å². The maximum Gasteiger partial charge on any atom is 0.0540 e. The molecule has 2 rings (SSSR count). The summed E-state index contributed by atoms with van der Waals surface area (Å²) in [5.74, 6) is 6.19. The van der Waals surface area contributed by atoms with Gasteiger partial charge in [-0.1, -0.05) is 11.8 Å². The van der Waals surface area contributed by atoms with Crippen LogP contribution in [0.3, 0.4) is 0 Å². The largest absolute Gasteiger partial charge is 0.395 e. The number of rotatable bonds is 4. The van der Waals surface area contributed by atoms with Crippen molar-refractivity contribution in [2.45, 2.75) is 32.9 Å². The van der Waals surface area contributed by atoms with Gasteiger partial charge in [0.1, 0.15) is 0 Å². The zero-order valence-electron chi connectivity index (χ0n) is 12.4. The molecule has 0 aromatic carbocycles. The summed E-state index contributed by atoms with van der Waals surface area (Å²) in [6.07, 6.45) is 0.558. The van der Waals surface area contributed by atoms with Gasteiger partial charge in [0.2, 0.25) is 0 Å². The van der Waals surface area contributed by atoms with Crippen LogP contribution in [0, 0.1) is 11.8 Å². The van der Waals surface area contributed by atoms with Gasteiger partial charge in [-0.3, -0.25) is 9.80 Å². The van der Waals surface area contributed by atoms with E-state index in [0.29, 0.717) is 12.5 Å². The molecule has 1 aromatic rings. The van der Waals surface area contributed by atoms with Crippen molar-refractivity contribution in [1.82, 2.24) is 9.80 Å². The van der Waals surface area contributed by atoms with Gasteiger partial charge < -0.3 is 5.11 Å². The minimum atomic E-state index is 0.142. The molecule has 0 spiro atoms. The zero-order valence-corrected chi connectivity index (χ0v) is 13.2. The van der Waals surface area contributed by atoms with Crippen LogP contribution in [-0.4, -0.2) is 53.7 Å². The van der Waals surface area contributed by atoms with Crippen LogP contribution < -0.4 is 0 Å². The predicted molar refractivity (Wildman–Crippen MR) is 84.9 cm³/mol. The maximum atomic E-state index is 8.78. The lowest BCUT2D eigenvalue weighted by molar-refractivity contribution is 0.105. The Morgan fingerprint density at radius 3 is 2.70 bits per heavy atom. The first-order valence-electron chi connectivity index (χ1n) is 7.33. The zero-order chi connectivity index (χ0) is 14.4. The average molecular weight is 292 g/mol. The normalized spacial score (nSPS) is 17.2. The van der Waals surface area contributed by atoms with E-state index in [1.807, 2.05) is 0 Å². The molecule has 1 aliphatic rings. The molecule has 0 saturated carbocycles. The predicted octanol–water partition coefficient (Wildman–Crippen LogP) is 2.01. The van der Waals surface area contributed by atoms with Crippen LogP contribution in [0.5, 0.6) is 0 Å². The molecule has 1 aliphatic heterocycles. The molecule has 0 unspecified atom stereocenters. The van der Waals surface area contributed by atoms with E-state index >= 15 is 0 Å². The van der Waals surface area contributed by atoms with Crippen LogP contribution >= 0.6 is 11.3 Å². The molecule has 110 valence electrons. The summed E-state index contributed by atoms with van der Waals surface area (Å²) < 4.78 is 0. The highest BCUT2D eigenvalue weighted by atomic mass is 32.1. The number of aliphatic hydroxyl groups is 1. The van der Waals surface area contributed by atoms with Crippen molar-refractivity contribution >= 4 is 11.3 Å². The van der Waals surface area contributed by atoms with E-state index in [4.69, 9.17) is 5.11 Å². The second-order valence-corrected chi connectivity index (χ2v) is 6.44. The number of hydrogen-bond donors (Lipinski definition) is 1. The quantitative estimate of drug-likeness (QED) is 0.860. The summed E-state index contributed by atoms with van der Waals surface area (Å²) in [5, 5.41) is 10.9. The molecular formula is C16H24N2OS. The van der Waals surface area contributed by atoms with E-state index in [2.05, 4.69) is 46.9 Å². The molecule has 0 radical (unpaired) electrons. The Balaban J connectivity index is 1.89. The molecule has 0 bridgehead atoms. The van der Waals surface area contributed by atoms with Crippen molar-refractivity contribution in [3.63, 3.8) is 0 Å². The van der Waals surface area contributed by atoms with Crippen molar-refractivity contribution in [1.29, 1.82) is 0 Å². The standard InChI is InChI=1S/C16H24N2OS/c1-14(2)18-9-7-17(8-10-18)13-16-15(6-12-20-16)5-3-4-11-19/h6,12,14,19H,4,7-11,13H2,1-2H3. The monoisotopic (exact) mass is 292 g/mol. The third kappa shape index (κ3) is 4.32.